The molecule has 1 rings (SSSR count). The minimum absolute atomic E-state index is 0.0329. The Kier molecular flexibility index (Phi) is 6.17. The first-order chi connectivity index (χ1) is 8.94. The van der Waals surface area contributed by atoms with Crippen LogP contribution in [0.1, 0.15) is 19.8 Å². The first-order valence-corrected chi connectivity index (χ1v) is 7.76. The Bertz CT molecular complexity index is 506. The van der Waals surface area contributed by atoms with Gasteiger partial charge in [-0.1, -0.05) is 6.92 Å². The van der Waals surface area contributed by atoms with Crippen molar-refractivity contribution in [1.29, 1.82) is 0 Å². The molecule has 0 aliphatic carbocycles. The lowest BCUT2D eigenvalue weighted by atomic mass is 10.3. The van der Waals surface area contributed by atoms with Gasteiger partial charge in [0.2, 0.25) is 10.0 Å². The highest BCUT2D eigenvalue weighted by atomic mass is 32.2. The third kappa shape index (κ3) is 5.98. The number of rotatable bonds is 8. The summed E-state index contributed by atoms with van der Waals surface area (Å²) in [6.45, 7) is 3.58. The number of hydrogen-bond acceptors (Lipinski definition) is 3. The molecule has 0 saturated carbocycles. The molecule has 2 N–H and O–H groups in total. The second kappa shape index (κ2) is 7.40. The van der Waals surface area contributed by atoms with E-state index < -0.39 is 21.7 Å². The lowest BCUT2D eigenvalue weighted by Gasteiger charge is -2.08. The Morgan fingerprint density at radius 1 is 1.16 bits per heavy atom. The van der Waals surface area contributed by atoms with Crippen LogP contribution >= 0.6 is 0 Å². The molecule has 0 radical (unpaired) electrons. The number of hydrogen-bond donors (Lipinski definition) is 2. The van der Waals surface area contributed by atoms with Gasteiger partial charge in [0.15, 0.2) is 11.6 Å². The van der Waals surface area contributed by atoms with E-state index in [4.69, 9.17) is 0 Å². The van der Waals surface area contributed by atoms with Crippen molar-refractivity contribution in [2.45, 2.75) is 19.8 Å². The zero-order valence-electron chi connectivity index (χ0n) is 10.7. The molecule has 0 bridgehead atoms. The van der Waals surface area contributed by atoms with Crippen molar-refractivity contribution in [3.05, 3.63) is 29.8 Å². The van der Waals surface area contributed by atoms with Crippen LogP contribution in [0.2, 0.25) is 0 Å². The first-order valence-electron chi connectivity index (χ1n) is 6.11. The Hall–Kier alpha value is -1.21. The molecule has 0 unspecified atom stereocenters. The smallest absolute Gasteiger partial charge is 0.232 e. The zero-order chi connectivity index (χ0) is 14.3. The summed E-state index contributed by atoms with van der Waals surface area (Å²) in [6.07, 6.45) is 1.25. The summed E-state index contributed by atoms with van der Waals surface area (Å²) < 4.78 is 51.2. The maximum absolute atomic E-state index is 12.9. The maximum Gasteiger partial charge on any atom is 0.232 e. The van der Waals surface area contributed by atoms with Crippen LogP contribution in [0.25, 0.3) is 0 Å². The van der Waals surface area contributed by atoms with Crippen molar-refractivity contribution in [2.75, 3.05) is 23.6 Å². The van der Waals surface area contributed by atoms with Gasteiger partial charge in [-0.3, -0.25) is 4.72 Å². The Morgan fingerprint density at radius 3 is 2.53 bits per heavy atom. The number of benzene rings is 1. The van der Waals surface area contributed by atoms with Gasteiger partial charge in [-0.05, 0) is 38.1 Å². The van der Waals surface area contributed by atoms with E-state index in [1.54, 1.807) is 0 Å². The SMILES string of the molecule is CCNCCCCS(=O)(=O)Nc1ccc(F)c(F)c1. The van der Waals surface area contributed by atoms with Crippen LogP contribution < -0.4 is 10.0 Å². The average Bonchev–Trinajstić information content (AvgIpc) is 2.33. The molecule has 0 atom stereocenters. The lowest BCUT2D eigenvalue weighted by Crippen LogP contribution is -2.19. The monoisotopic (exact) mass is 292 g/mol. The Balaban J connectivity index is 2.47. The van der Waals surface area contributed by atoms with E-state index in [9.17, 15) is 17.2 Å². The zero-order valence-corrected chi connectivity index (χ0v) is 11.6. The highest BCUT2D eigenvalue weighted by Crippen LogP contribution is 2.14. The molecule has 0 amide bonds. The van der Waals surface area contributed by atoms with Gasteiger partial charge in [-0.25, -0.2) is 17.2 Å². The molecule has 0 aliphatic heterocycles. The van der Waals surface area contributed by atoms with Crippen molar-refractivity contribution in [1.82, 2.24) is 5.32 Å². The largest absolute Gasteiger partial charge is 0.317 e. The van der Waals surface area contributed by atoms with Crippen molar-refractivity contribution in [3.63, 3.8) is 0 Å². The summed E-state index contributed by atoms with van der Waals surface area (Å²) in [5, 5.41) is 3.09. The van der Waals surface area contributed by atoms with Gasteiger partial charge >= 0.3 is 0 Å². The molecule has 7 heteroatoms. The Morgan fingerprint density at radius 2 is 1.89 bits per heavy atom. The second-order valence-corrected chi connectivity index (χ2v) is 5.95. The van der Waals surface area contributed by atoms with Gasteiger partial charge in [0.05, 0.1) is 11.4 Å². The van der Waals surface area contributed by atoms with Crippen LogP contribution in [0.4, 0.5) is 14.5 Å². The summed E-state index contributed by atoms with van der Waals surface area (Å²) >= 11 is 0. The summed E-state index contributed by atoms with van der Waals surface area (Å²) in [5.41, 5.74) is 0.0329. The molecular weight excluding hydrogens is 274 g/mol. The molecule has 0 fully saturated rings. The topological polar surface area (TPSA) is 58.2 Å². The molecule has 0 saturated heterocycles. The third-order valence-corrected chi connectivity index (χ3v) is 3.83. The molecule has 108 valence electrons. The fraction of sp³-hybridized carbons (Fsp3) is 0.500. The van der Waals surface area contributed by atoms with Gasteiger partial charge in [0.1, 0.15) is 0 Å². The quantitative estimate of drug-likeness (QED) is 0.721. The Labute approximate surface area is 112 Å². The molecule has 0 spiro atoms. The number of halogens is 2. The molecule has 1 aromatic carbocycles. The average molecular weight is 292 g/mol. The summed E-state index contributed by atoms with van der Waals surface area (Å²) in [7, 11) is -3.52. The highest BCUT2D eigenvalue weighted by Gasteiger charge is 2.11. The molecular formula is C12H18F2N2O2S. The standard InChI is InChI=1S/C12H18F2N2O2S/c1-2-15-7-3-4-8-19(17,18)16-10-5-6-11(13)12(14)9-10/h5-6,9,15-16H,2-4,7-8H2,1H3. The van der Waals surface area contributed by atoms with Crippen LogP contribution in [-0.4, -0.2) is 27.3 Å². The molecule has 0 aromatic heterocycles. The van der Waals surface area contributed by atoms with E-state index in [-0.39, 0.29) is 11.4 Å². The van der Waals surface area contributed by atoms with Crippen LogP contribution in [0.5, 0.6) is 0 Å². The highest BCUT2D eigenvalue weighted by molar-refractivity contribution is 7.92. The van der Waals surface area contributed by atoms with E-state index in [0.717, 1.165) is 31.6 Å². The summed E-state index contributed by atoms with van der Waals surface area (Å²) in [5.74, 6) is -2.13. The van der Waals surface area contributed by atoms with Crippen molar-refractivity contribution in [2.24, 2.45) is 0 Å². The molecule has 1 aromatic rings. The number of sulfonamides is 1. The fourth-order valence-corrected chi connectivity index (χ4v) is 2.68. The van der Waals surface area contributed by atoms with Gasteiger partial charge in [-0.15, -0.1) is 0 Å². The number of unbranched alkanes of at least 4 members (excludes halogenated alkanes) is 1. The lowest BCUT2D eigenvalue weighted by molar-refractivity contribution is 0.509. The predicted octanol–water partition coefficient (Wildman–Crippen LogP) is 2.10. The van der Waals surface area contributed by atoms with Gasteiger partial charge in [0.25, 0.3) is 0 Å². The summed E-state index contributed by atoms with van der Waals surface area (Å²) in [6, 6.07) is 2.90. The van der Waals surface area contributed by atoms with Crippen LogP contribution in [0.3, 0.4) is 0 Å². The van der Waals surface area contributed by atoms with Crippen molar-refractivity contribution in [3.8, 4) is 0 Å². The van der Waals surface area contributed by atoms with E-state index in [0.29, 0.717) is 6.42 Å². The number of anilines is 1. The van der Waals surface area contributed by atoms with Crippen molar-refractivity contribution < 1.29 is 17.2 Å². The third-order valence-electron chi connectivity index (χ3n) is 2.46. The fourth-order valence-electron chi connectivity index (χ4n) is 1.51. The predicted molar refractivity (Wildman–Crippen MR) is 71.5 cm³/mol. The number of nitrogens with one attached hydrogen (secondary N) is 2. The van der Waals surface area contributed by atoms with Crippen LogP contribution in [0, 0.1) is 11.6 Å². The second-order valence-electron chi connectivity index (χ2n) is 4.11. The first kappa shape index (κ1) is 15.8. The maximum atomic E-state index is 12.9. The van der Waals surface area contributed by atoms with E-state index in [1.165, 1.54) is 6.07 Å². The van der Waals surface area contributed by atoms with E-state index >= 15 is 0 Å². The van der Waals surface area contributed by atoms with Crippen molar-refractivity contribution >= 4 is 15.7 Å². The van der Waals surface area contributed by atoms with Gasteiger partial charge in [-0.2, -0.15) is 0 Å². The molecule has 0 aliphatic rings. The van der Waals surface area contributed by atoms with Crippen LogP contribution in [-0.2, 0) is 10.0 Å². The molecule has 19 heavy (non-hydrogen) atoms. The van der Waals surface area contributed by atoms with Gasteiger partial charge < -0.3 is 5.32 Å². The van der Waals surface area contributed by atoms with E-state index in [2.05, 4.69) is 10.0 Å². The molecule has 4 nitrogen and oxygen atoms in total. The molecule has 0 heterocycles. The normalized spacial score (nSPS) is 11.5. The van der Waals surface area contributed by atoms with E-state index in [1.807, 2.05) is 6.92 Å². The van der Waals surface area contributed by atoms with Crippen LogP contribution in [0.15, 0.2) is 18.2 Å². The minimum Gasteiger partial charge on any atom is -0.317 e. The summed E-state index contributed by atoms with van der Waals surface area (Å²) in [4.78, 5) is 0. The van der Waals surface area contributed by atoms with Gasteiger partial charge in [0, 0.05) is 6.07 Å². The minimum atomic E-state index is -3.52.